The molecular formula is C9H9ClF3NO. The van der Waals surface area contributed by atoms with Crippen molar-refractivity contribution in [3.05, 3.63) is 23.2 Å². The van der Waals surface area contributed by atoms with E-state index in [2.05, 4.69) is 4.74 Å². The molecule has 1 atom stereocenters. The van der Waals surface area contributed by atoms with E-state index in [1.54, 1.807) is 0 Å². The van der Waals surface area contributed by atoms with Gasteiger partial charge in [-0.2, -0.15) is 13.2 Å². The number of ether oxygens (including phenoxy) is 1. The number of nitrogens with two attached hydrogens (primary N) is 1. The summed E-state index contributed by atoms with van der Waals surface area (Å²) in [5.41, 5.74) is 5.52. The van der Waals surface area contributed by atoms with Gasteiger partial charge >= 0.3 is 6.18 Å². The predicted molar refractivity (Wildman–Crippen MR) is 52.0 cm³/mol. The monoisotopic (exact) mass is 239 g/mol. The Labute approximate surface area is 89.8 Å². The third kappa shape index (κ3) is 3.20. The summed E-state index contributed by atoms with van der Waals surface area (Å²) >= 11 is 5.59. The lowest BCUT2D eigenvalue weighted by Gasteiger charge is -2.18. The third-order valence-electron chi connectivity index (χ3n) is 1.74. The van der Waals surface area contributed by atoms with Crippen molar-refractivity contribution in [2.75, 3.05) is 5.73 Å². The van der Waals surface area contributed by atoms with Crippen LogP contribution in [0.25, 0.3) is 0 Å². The maximum absolute atomic E-state index is 12.2. The molecule has 1 aromatic carbocycles. The number of alkyl halides is 3. The summed E-state index contributed by atoms with van der Waals surface area (Å²) in [6, 6.07) is 4.05. The van der Waals surface area contributed by atoms with E-state index in [-0.39, 0.29) is 11.4 Å². The number of hydrogen-bond donors (Lipinski definition) is 1. The Morgan fingerprint density at radius 3 is 2.47 bits per heavy atom. The fourth-order valence-corrected chi connectivity index (χ4v) is 1.06. The summed E-state index contributed by atoms with van der Waals surface area (Å²) in [6.45, 7) is 0.911. The number of hydrogen-bond acceptors (Lipinski definition) is 2. The molecule has 15 heavy (non-hydrogen) atoms. The molecule has 6 heteroatoms. The summed E-state index contributed by atoms with van der Waals surface area (Å²) in [5, 5.41) is 0.347. The van der Waals surface area contributed by atoms with Gasteiger partial charge in [-0.3, -0.25) is 0 Å². The first-order valence-electron chi connectivity index (χ1n) is 4.09. The SMILES string of the molecule is CC(Oc1ccc(Cl)cc1N)C(F)(F)F. The van der Waals surface area contributed by atoms with Crippen molar-refractivity contribution < 1.29 is 17.9 Å². The van der Waals surface area contributed by atoms with Crippen LogP contribution in [-0.4, -0.2) is 12.3 Å². The van der Waals surface area contributed by atoms with Crippen molar-refractivity contribution in [2.45, 2.75) is 19.2 Å². The highest BCUT2D eigenvalue weighted by Crippen LogP contribution is 2.30. The highest BCUT2D eigenvalue weighted by molar-refractivity contribution is 6.30. The molecule has 0 spiro atoms. The standard InChI is InChI=1S/C9H9ClF3NO/c1-5(9(11,12)13)15-8-3-2-6(10)4-7(8)14/h2-5H,14H2,1H3. The van der Waals surface area contributed by atoms with Crippen LogP contribution in [0.1, 0.15) is 6.92 Å². The van der Waals surface area contributed by atoms with Gasteiger partial charge in [0.05, 0.1) is 5.69 Å². The second-order valence-corrected chi connectivity index (χ2v) is 3.42. The molecule has 1 rings (SSSR count). The van der Waals surface area contributed by atoms with E-state index < -0.39 is 12.3 Å². The zero-order valence-electron chi connectivity index (χ0n) is 7.81. The molecule has 84 valence electrons. The van der Waals surface area contributed by atoms with Gasteiger partial charge in [-0.15, -0.1) is 0 Å². The quantitative estimate of drug-likeness (QED) is 0.804. The van der Waals surface area contributed by atoms with Crippen molar-refractivity contribution in [1.82, 2.24) is 0 Å². The third-order valence-corrected chi connectivity index (χ3v) is 1.97. The van der Waals surface area contributed by atoms with Gasteiger partial charge in [0.2, 0.25) is 0 Å². The normalized spacial score (nSPS) is 13.7. The summed E-state index contributed by atoms with van der Waals surface area (Å²) in [6.07, 6.45) is -6.31. The molecule has 1 unspecified atom stereocenters. The van der Waals surface area contributed by atoms with Crippen molar-refractivity contribution in [2.24, 2.45) is 0 Å². The summed E-state index contributed by atoms with van der Waals surface area (Å²) < 4.78 is 41.1. The van der Waals surface area contributed by atoms with Crippen LogP contribution in [-0.2, 0) is 0 Å². The maximum atomic E-state index is 12.2. The molecule has 2 N–H and O–H groups in total. The molecule has 1 aromatic rings. The van der Waals surface area contributed by atoms with Crippen LogP contribution >= 0.6 is 11.6 Å². The molecule has 2 nitrogen and oxygen atoms in total. The minimum atomic E-state index is -4.41. The Morgan fingerprint density at radius 2 is 2.00 bits per heavy atom. The number of halogens is 4. The predicted octanol–water partition coefficient (Wildman–Crippen LogP) is 3.25. The lowest BCUT2D eigenvalue weighted by Crippen LogP contribution is -2.31. The summed E-state index contributed by atoms with van der Waals surface area (Å²) in [7, 11) is 0. The van der Waals surface area contributed by atoms with Gasteiger partial charge in [0.1, 0.15) is 5.75 Å². The molecule has 0 aliphatic heterocycles. The van der Waals surface area contributed by atoms with E-state index >= 15 is 0 Å². The van der Waals surface area contributed by atoms with Crippen LogP contribution in [0.2, 0.25) is 5.02 Å². The van der Waals surface area contributed by atoms with Crippen molar-refractivity contribution in [1.29, 1.82) is 0 Å². The van der Waals surface area contributed by atoms with Gasteiger partial charge in [0.15, 0.2) is 6.10 Å². The first-order valence-corrected chi connectivity index (χ1v) is 4.47. The fraction of sp³-hybridized carbons (Fsp3) is 0.333. The Morgan fingerprint density at radius 1 is 1.40 bits per heavy atom. The molecule has 0 bridgehead atoms. The van der Waals surface area contributed by atoms with Crippen LogP contribution in [0.15, 0.2) is 18.2 Å². The molecule has 0 aromatic heterocycles. The Balaban J connectivity index is 2.82. The highest BCUT2D eigenvalue weighted by atomic mass is 35.5. The first kappa shape index (κ1) is 12.0. The molecule has 0 saturated heterocycles. The van der Waals surface area contributed by atoms with Gasteiger partial charge in [0.25, 0.3) is 0 Å². The minimum absolute atomic E-state index is 0.0239. The van der Waals surface area contributed by atoms with Crippen molar-refractivity contribution in [3.63, 3.8) is 0 Å². The molecule has 0 amide bonds. The van der Waals surface area contributed by atoms with Gasteiger partial charge in [0, 0.05) is 5.02 Å². The maximum Gasteiger partial charge on any atom is 0.425 e. The second kappa shape index (κ2) is 4.18. The van der Waals surface area contributed by atoms with E-state index in [0.717, 1.165) is 6.92 Å². The van der Waals surface area contributed by atoms with Gasteiger partial charge < -0.3 is 10.5 Å². The summed E-state index contributed by atoms with van der Waals surface area (Å²) in [5.74, 6) is -0.0239. The van der Waals surface area contributed by atoms with Crippen LogP contribution in [0, 0.1) is 0 Å². The highest BCUT2D eigenvalue weighted by Gasteiger charge is 2.38. The molecule has 0 radical (unpaired) electrons. The molecule has 0 aliphatic rings. The molecule has 0 saturated carbocycles. The lowest BCUT2D eigenvalue weighted by atomic mass is 10.3. The van der Waals surface area contributed by atoms with E-state index in [4.69, 9.17) is 17.3 Å². The number of anilines is 1. The molecular weight excluding hydrogens is 231 g/mol. The largest absolute Gasteiger partial charge is 0.479 e. The molecule has 0 aliphatic carbocycles. The smallest absolute Gasteiger partial charge is 0.425 e. The van der Waals surface area contributed by atoms with Crippen molar-refractivity contribution in [3.8, 4) is 5.75 Å². The number of nitrogen functional groups attached to an aromatic ring is 1. The Kier molecular flexibility index (Phi) is 3.34. The van der Waals surface area contributed by atoms with Crippen LogP contribution in [0.4, 0.5) is 18.9 Å². The van der Waals surface area contributed by atoms with E-state index in [1.807, 2.05) is 0 Å². The summed E-state index contributed by atoms with van der Waals surface area (Å²) in [4.78, 5) is 0. The topological polar surface area (TPSA) is 35.2 Å². The van der Waals surface area contributed by atoms with Gasteiger partial charge in [-0.25, -0.2) is 0 Å². The van der Waals surface area contributed by atoms with Crippen LogP contribution in [0.3, 0.4) is 0 Å². The Bertz CT molecular complexity index is 354. The zero-order chi connectivity index (χ0) is 11.6. The lowest BCUT2D eigenvalue weighted by molar-refractivity contribution is -0.189. The van der Waals surface area contributed by atoms with Gasteiger partial charge in [-0.05, 0) is 25.1 Å². The van der Waals surface area contributed by atoms with Crippen molar-refractivity contribution >= 4 is 17.3 Å². The number of rotatable bonds is 2. The van der Waals surface area contributed by atoms with Crippen LogP contribution in [0.5, 0.6) is 5.75 Å². The second-order valence-electron chi connectivity index (χ2n) is 2.98. The Hall–Kier alpha value is -1.10. The van der Waals surface area contributed by atoms with Gasteiger partial charge in [-0.1, -0.05) is 11.6 Å². The molecule has 0 heterocycles. The zero-order valence-corrected chi connectivity index (χ0v) is 8.56. The van der Waals surface area contributed by atoms with E-state index in [0.29, 0.717) is 5.02 Å². The average molecular weight is 240 g/mol. The van der Waals surface area contributed by atoms with E-state index in [9.17, 15) is 13.2 Å². The fourth-order valence-electron chi connectivity index (χ4n) is 0.884. The average Bonchev–Trinajstić information content (AvgIpc) is 2.08. The van der Waals surface area contributed by atoms with E-state index in [1.165, 1.54) is 18.2 Å². The number of benzene rings is 1. The minimum Gasteiger partial charge on any atom is -0.479 e. The first-order chi connectivity index (χ1) is 6.80. The van der Waals surface area contributed by atoms with Crippen LogP contribution < -0.4 is 10.5 Å². The molecule has 0 fully saturated rings.